The molecule has 1 amide bonds. The number of rotatable bonds is 3. The first-order chi connectivity index (χ1) is 10.0. The molecule has 0 bridgehead atoms. The smallest absolute Gasteiger partial charge is 0.407 e. The number of hydrogen-bond donors (Lipinski definition) is 1. The third kappa shape index (κ3) is 3.88. The van der Waals surface area contributed by atoms with Crippen molar-refractivity contribution < 1.29 is 14.3 Å². The van der Waals surface area contributed by atoms with Crippen LogP contribution in [0, 0.1) is 17.8 Å². The largest absolute Gasteiger partial charge is 0.446 e. The SMILES string of the molecule is COC1C=CC=CC1NC(=O)OC1C(C)CCC(C)C1C. The zero-order valence-corrected chi connectivity index (χ0v) is 13.4. The highest BCUT2D eigenvalue weighted by atomic mass is 16.6. The second-order valence-electron chi connectivity index (χ2n) is 6.40. The molecule has 0 aromatic rings. The van der Waals surface area contributed by atoms with Crippen molar-refractivity contribution in [2.45, 2.75) is 51.9 Å². The first-order valence-electron chi connectivity index (χ1n) is 7.88. The van der Waals surface area contributed by atoms with Gasteiger partial charge >= 0.3 is 6.09 Å². The minimum Gasteiger partial charge on any atom is -0.446 e. The van der Waals surface area contributed by atoms with Crippen LogP contribution in [0.5, 0.6) is 0 Å². The Labute approximate surface area is 127 Å². The fourth-order valence-corrected chi connectivity index (χ4v) is 3.25. The second-order valence-corrected chi connectivity index (χ2v) is 6.40. The monoisotopic (exact) mass is 293 g/mol. The number of ether oxygens (including phenoxy) is 2. The maximum atomic E-state index is 12.2. The van der Waals surface area contributed by atoms with Crippen LogP contribution in [0.3, 0.4) is 0 Å². The fourth-order valence-electron chi connectivity index (χ4n) is 3.25. The maximum absolute atomic E-state index is 12.2. The lowest BCUT2D eigenvalue weighted by Gasteiger charge is -2.38. The summed E-state index contributed by atoms with van der Waals surface area (Å²) in [6.07, 6.45) is 9.53. The van der Waals surface area contributed by atoms with Gasteiger partial charge in [0.05, 0.1) is 12.1 Å². The summed E-state index contributed by atoms with van der Waals surface area (Å²) in [6.45, 7) is 6.58. The van der Waals surface area contributed by atoms with Crippen molar-refractivity contribution >= 4 is 6.09 Å². The molecule has 0 radical (unpaired) electrons. The summed E-state index contributed by atoms with van der Waals surface area (Å²) in [7, 11) is 1.64. The molecule has 4 heteroatoms. The van der Waals surface area contributed by atoms with E-state index < -0.39 is 0 Å². The predicted octanol–water partition coefficient (Wildman–Crippen LogP) is 3.29. The Kier molecular flexibility index (Phi) is 5.45. The highest BCUT2D eigenvalue weighted by Gasteiger charge is 2.35. The molecule has 0 aromatic heterocycles. The molecule has 2 rings (SSSR count). The summed E-state index contributed by atoms with van der Waals surface area (Å²) in [5, 5.41) is 2.90. The molecule has 6 atom stereocenters. The topological polar surface area (TPSA) is 47.6 Å². The van der Waals surface area contributed by atoms with Crippen molar-refractivity contribution in [3.05, 3.63) is 24.3 Å². The van der Waals surface area contributed by atoms with E-state index in [0.717, 1.165) is 6.42 Å². The Bertz CT molecular complexity index is 418. The molecule has 0 aromatic carbocycles. The Morgan fingerprint density at radius 1 is 1.10 bits per heavy atom. The average molecular weight is 293 g/mol. The summed E-state index contributed by atoms with van der Waals surface area (Å²) in [6, 6.07) is -0.167. The molecule has 1 saturated carbocycles. The van der Waals surface area contributed by atoms with Crippen LogP contribution in [0.25, 0.3) is 0 Å². The molecule has 6 unspecified atom stereocenters. The van der Waals surface area contributed by atoms with Gasteiger partial charge in [0.25, 0.3) is 0 Å². The van der Waals surface area contributed by atoms with Crippen LogP contribution in [0.4, 0.5) is 4.79 Å². The van der Waals surface area contributed by atoms with Crippen molar-refractivity contribution in [1.82, 2.24) is 5.32 Å². The Morgan fingerprint density at radius 3 is 2.48 bits per heavy atom. The fraction of sp³-hybridized carbons (Fsp3) is 0.706. The predicted molar refractivity (Wildman–Crippen MR) is 83.0 cm³/mol. The van der Waals surface area contributed by atoms with Crippen LogP contribution in [0.1, 0.15) is 33.6 Å². The normalized spacial score (nSPS) is 39.0. The molecule has 21 heavy (non-hydrogen) atoms. The molecule has 2 aliphatic rings. The number of carbonyl (C=O) groups is 1. The highest BCUT2D eigenvalue weighted by Crippen LogP contribution is 2.35. The maximum Gasteiger partial charge on any atom is 0.407 e. The van der Waals surface area contributed by atoms with Gasteiger partial charge in [-0.2, -0.15) is 0 Å². The minimum absolute atomic E-state index is 0.00198. The first kappa shape index (κ1) is 16.1. The van der Waals surface area contributed by atoms with E-state index in [9.17, 15) is 4.79 Å². The van der Waals surface area contributed by atoms with Gasteiger partial charge in [-0.25, -0.2) is 4.79 Å². The van der Waals surface area contributed by atoms with E-state index in [2.05, 4.69) is 26.1 Å². The number of alkyl carbamates (subject to hydrolysis) is 1. The van der Waals surface area contributed by atoms with Gasteiger partial charge in [-0.05, 0) is 30.6 Å². The van der Waals surface area contributed by atoms with E-state index in [1.165, 1.54) is 6.42 Å². The van der Waals surface area contributed by atoms with Gasteiger partial charge in [0.2, 0.25) is 0 Å². The lowest BCUT2D eigenvalue weighted by molar-refractivity contribution is -0.0136. The zero-order chi connectivity index (χ0) is 15.4. The van der Waals surface area contributed by atoms with Crippen molar-refractivity contribution in [3.8, 4) is 0 Å². The third-order valence-corrected chi connectivity index (χ3v) is 4.94. The van der Waals surface area contributed by atoms with Crippen molar-refractivity contribution in [2.24, 2.45) is 17.8 Å². The van der Waals surface area contributed by atoms with E-state index in [4.69, 9.17) is 9.47 Å². The third-order valence-electron chi connectivity index (χ3n) is 4.94. The number of hydrogen-bond acceptors (Lipinski definition) is 3. The number of amides is 1. The Balaban J connectivity index is 1.91. The van der Waals surface area contributed by atoms with E-state index in [1.54, 1.807) is 7.11 Å². The molecule has 1 N–H and O–H groups in total. The van der Waals surface area contributed by atoms with Gasteiger partial charge in [-0.1, -0.05) is 45.1 Å². The number of nitrogens with one attached hydrogen (secondary N) is 1. The summed E-state index contributed by atoms with van der Waals surface area (Å²) < 4.78 is 11.1. The van der Waals surface area contributed by atoms with E-state index in [0.29, 0.717) is 17.8 Å². The van der Waals surface area contributed by atoms with E-state index in [-0.39, 0.29) is 24.3 Å². The van der Waals surface area contributed by atoms with Crippen LogP contribution in [0.15, 0.2) is 24.3 Å². The molecule has 4 nitrogen and oxygen atoms in total. The van der Waals surface area contributed by atoms with Crippen LogP contribution in [0.2, 0.25) is 0 Å². The lowest BCUT2D eigenvalue weighted by atomic mass is 9.74. The van der Waals surface area contributed by atoms with Crippen LogP contribution >= 0.6 is 0 Å². The van der Waals surface area contributed by atoms with Crippen LogP contribution in [-0.2, 0) is 9.47 Å². The molecule has 1 fully saturated rings. The average Bonchev–Trinajstić information content (AvgIpc) is 2.48. The van der Waals surface area contributed by atoms with Crippen molar-refractivity contribution in [3.63, 3.8) is 0 Å². The van der Waals surface area contributed by atoms with E-state index >= 15 is 0 Å². The number of methoxy groups -OCH3 is 1. The van der Waals surface area contributed by atoms with Gasteiger partial charge in [0.15, 0.2) is 0 Å². The highest BCUT2D eigenvalue weighted by molar-refractivity contribution is 5.68. The minimum atomic E-state index is -0.347. The Morgan fingerprint density at radius 2 is 1.76 bits per heavy atom. The molecule has 2 aliphatic carbocycles. The van der Waals surface area contributed by atoms with Crippen LogP contribution < -0.4 is 5.32 Å². The van der Waals surface area contributed by atoms with E-state index in [1.807, 2.05) is 24.3 Å². The van der Waals surface area contributed by atoms with Crippen molar-refractivity contribution in [1.29, 1.82) is 0 Å². The first-order valence-corrected chi connectivity index (χ1v) is 7.88. The summed E-state index contributed by atoms with van der Waals surface area (Å²) in [4.78, 5) is 12.2. The van der Waals surface area contributed by atoms with Crippen LogP contribution in [-0.4, -0.2) is 31.5 Å². The van der Waals surface area contributed by atoms with Gasteiger partial charge in [-0.15, -0.1) is 0 Å². The standard InChI is InChI=1S/C17H27NO3/c1-11-9-10-12(2)16(13(11)3)21-17(19)18-14-7-5-6-8-15(14)20-4/h5-8,11-16H,9-10H2,1-4H3,(H,18,19). The molecule has 0 saturated heterocycles. The summed E-state index contributed by atoms with van der Waals surface area (Å²) >= 11 is 0. The Hall–Kier alpha value is -1.29. The number of carbonyl (C=O) groups excluding carboxylic acids is 1. The summed E-state index contributed by atoms with van der Waals surface area (Å²) in [5.41, 5.74) is 0. The summed E-state index contributed by atoms with van der Waals surface area (Å²) in [5.74, 6) is 1.42. The quantitative estimate of drug-likeness (QED) is 0.868. The molecular weight excluding hydrogens is 266 g/mol. The zero-order valence-electron chi connectivity index (χ0n) is 13.4. The molecule has 118 valence electrons. The molecule has 0 spiro atoms. The number of allylic oxidation sites excluding steroid dienone is 2. The van der Waals surface area contributed by atoms with Gasteiger partial charge in [-0.3, -0.25) is 0 Å². The van der Waals surface area contributed by atoms with Crippen molar-refractivity contribution in [2.75, 3.05) is 7.11 Å². The lowest BCUT2D eigenvalue weighted by Crippen LogP contribution is -2.46. The molecular formula is C17H27NO3. The van der Waals surface area contributed by atoms with Gasteiger partial charge in [0, 0.05) is 7.11 Å². The van der Waals surface area contributed by atoms with Gasteiger partial charge < -0.3 is 14.8 Å². The molecule has 0 aliphatic heterocycles. The molecule has 0 heterocycles. The van der Waals surface area contributed by atoms with Gasteiger partial charge in [0.1, 0.15) is 6.10 Å². The second kappa shape index (κ2) is 7.12.